The third kappa shape index (κ3) is 7.30. The molecule has 0 amide bonds. The Morgan fingerprint density at radius 2 is 2.40 bits per heavy atom. The number of carboxylic acid groups (broad SMARTS) is 1. The van der Waals surface area contributed by atoms with Gasteiger partial charge in [0.1, 0.15) is 0 Å². The number of nitrogens with zero attached hydrogens (tertiary/aromatic N) is 1. The van der Waals surface area contributed by atoms with E-state index in [2.05, 4.69) is 28.5 Å². The van der Waals surface area contributed by atoms with Crippen LogP contribution in [0.25, 0.3) is 0 Å². The molecule has 0 saturated carbocycles. The van der Waals surface area contributed by atoms with E-state index >= 15 is 0 Å². The summed E-state index contributed by atoms with van der Waals surface area (Å²) in [5.41, 5.74) is 0. The van der Waals surface area contributed by atoms with Gasteiger partial charge in [-0.2, -0.15) is 5.10 Å². The maximum atomic E-state index is 9.34. The smallest absolute Gasteiger partial charge is 0.0487 e. The molecule has 10 heavy (non-hydrogen) atoms. The SMILES string of the molecule is O=C(O)[CH2][Rh].c1cn[nH]c1. The first-order chi connectivity index (χ1) is 4.77. The third-order valence-corrected chi connectivity index (χ3v) is 1.00. The van der Waals surface area contributed by atoms with Gasteiger partial charge in [0.15, 0.2) is 0 Å². The van der Waals surface area contributed by atoms with E-state index in [4.69, 9.17) is 5.11 Å². The predicted octanol–water partition coefficient (Wildman–Crippen LogP) is 0.446. The molecule has 1 rings (SSSR count). The molecule has 0 aliphatic heterocycles. The number of H-pyrrole nitrogens is 1. The average Bonchev–Trinajstić information content (AvgIpc) is 2.43. The Balaban J connectivity index is 0.000000162. The van der Waals surface area contributed by atoms with E-state index in [1.807, 2.05) is 6.07 Å². The minimum absolute atomic E-state index is 0.112. The van der Waals surface area contributed by atoms with Crippen molar-refractivity contribution in [1.29, 1.82) is 0 Å². The standard InChI is InChI=1S/C3H4N2.C2H3O2.Rh/c1-2-4-5-3-1;1-2(3)4;/h1-3H,(H,4,5);1H2,(H,3,4);. The van der Waals surface area contributed by atoms with Crippen molar-refractivity contribution in [3.05, 3.63) is 18.5 Å². The minimum Gasteiger partial charge on any atom is -0.286 e. The van der Waals surface area contributed by atoms with Gasteiger partial charge in [-0.05, 0) is 6.07 Å². The molecule has 0 unspecified atom stereocenters. The van der Waals surface area contributed by atoms with Crippen LogP contribution in [0.4, 0.5) is 0 Å². The molecule has 0 aliphatic carbocycles. The summed E-state index contributed by atoms with van der Waals surface area (Å²) in [6.45, 7) is 0. The molecule has 0 radical (unpaired) electrons. The van der Waals surface area contributed by atoms with Crippen LogP contribution in [0.2, 0.25) is 5.02 Å². The number of rotatable bonds is 1. The molecule has 0 fully saturated rings. The zero-order chi connectivity index (χ0) is 7.82. The number of carbonyl (C=O) groups is 1. The van der Waals surface area contributed by atoms with Crippen molar-refractivity contribution in [2.45, 2.75) is 5.02 Å². The predicted molar refractivity (Wildman–Crippen MR) is 31.0 cm³/mol. The van der Waals surface area contributed by atoms with E-state index in [1.165, 1.54) is 0 Å². The van der Waals surface area contributed by atoms with E-state index in [0.717, 1.165) is 0 Å². The minimum atomic E-state index is -0.794. The van der Waals surface area contributed by atoms with Gasteiger partial charge >= 0.3 is 39.2 Å². The van der Waals surface area contributed by atoms with Gasteiger partial charge in [0.25, 0.3) is 0 Å². The first kappa shape index (κ1) is 9.30. The molecule has 5 heteroatoms. The molecule has 0 atom stereocenters. The molecular formula is C5H7N2O2Rh. The van der Waals surface area contributed by atoms with E-state index < -0.39 is 5.97 Å². The average molecular weight is 230 g/mol. The molecular weight excluding hydrogens is 223 g/mol. The Morgan fingerprint density at radius 1 is 1.80 bits per heavy atom. The Morgan fingerprint density at radius 3 is 2.50 bits per heavy atom. The molecule has 0 saturated heterocycles. The Labute approximate surface area is 68.3 Å². The Kier molecular flexibility index (Phi) is 5.98. The van der Waals surface area contributed by atoms with Gasteiger partial charge in [0.2, 0.25) is 0 Å². The van der Waals surface area contributed by atoms with E-state index in [1.54, 1.807) is 12.4 Å². The van der Waals surface area contributed by atoms with Crippen molar-refractivity contribution >= 4 is 5.97 Å². The number of hydrogen-bond acceptors (Lipinski definition) is 2. The van der Waals surface area contributed by atoms with Crippen LogP contribution < -0.4 is 0 Å². The number of hydrogen-bond donors (Lipinski definition) is 2. The topological polar surface area (TPSA) is 66.0 Å². The first-order valence-electron chi connectivity index (χ1n) is 2.45. The van der Waals surface area contributed by atoms with Crippen molar-refractivity contribution in [3.8, 4) is 0 Å². The summed E-state index contributed by atoms with van der Waals surface area (Å²) in [6.07, 6.45) is 3.46. The van der Waals surface area contributed by atoms with Gasteiger partial charge in [-0.15, -0.1) is 0 Å². The molecule has 58 valence electrons. The molecule has 2 N–H and O–H groups in total. The van der Waals surface area contributed by atoms with Gasteiger partial charge in [-0.1, -0.05) is 0 Å². The van der Waals surface area contributed by atoms with E-state index in [-0.39, 0.29) is 5.02 Å². The number of aliphatic carboxylic acids is 1. The summed E-state index contributed by atoms with van der Waals surface area (Å²) >= 11 is 2.25. The second-order valence-corrected chi connectivity index (χ2v) is 1.86. The van der Waals surface area contributed by atoms with Crippen LogP contribution in [-0.2, 0) is 23.1 Å². The molecule has 4 nitrogen and oxygen atoms in total. The van der Waals surface area contributed by atoms with Crippen molar-refractivity contribution < 1.29 is 28.2 Å². The van der Waals surface area contributed by atoms with Crippen molar-refractivity contribution in [1.82, 2.24) is 10.2 Å². The fraction of sp³-hybridized carbons (Fsp3) is 0.200. The van der Waals surface area contributed by atoms with E-state index in [9.17, 15) is 4.79 Å². The molecule has 1 aromatic heterocycles. The number of aromatic amines is 1. The van der Waals surface area contributed by atoms with Crippen LogP contribution in [0.1, 0.15) is 0 Å². The zero-order valence-corrected chi connectivity index (χ0v) is 6.71. The van der Waals surface area contributed by atoms with Gasteiger partial charge in [-0.25, -0.2) is 0 Å². The Hall–Kier alpha value is -0.697. The quantitative estimate of drug-likeness (QED) is 0.688. The van der Waals surface area contributed by atoms with Gasteiger partial charge in [0, 0.05) is 12.4 Å². The summed E-state index contributed by atoms with van der Waals surface area (Å²) in [5, 5.41) is 14.0. The van der Waals surface area contributed by atoms with Crippen LogP contribution in [0.5, 0.6) is 0 Å². The van der Waals surface area contributed by atoms with Crippen LogP contribution in [0.15, 0.2) is 18.5 Å². The normalized spacial score (nSPS) is 7.80. The largest absolute Gasteiger partial charge is 0.286 e. The second kappa shape index (κ2) is 6.42. The number of nitrogens with one attached hydrogen (secondary N) is 1. The van der Waals surface area contributed by atoms with Crippen LogP contribution >= 0.6 is 0 Å². The maximum Gasteiger partial charge on any atom is 0.0487 e. The van der Waals surface area contributed by atoms with Crippen LogP contribution in [0.3, 0.4) is 0 Å². The molecule has 0 spiro atoms. The molecule has 0 aromatic carbocycles. The van der Waals surface area contributed by atoms with Crippen LogP contribution in [0, 0.1) is 0 Å². The summed E-state index contributed by atoms with van der Waals surface area (Å²) in [7, 11) is 0. The van der Waals surface area contributed by atoms with E-state index in [0.29, 0.717) is 0 Å². The number of carboxylic acids is 1. The van der Waals surface area contributed by atoms with Gasteiger partial charge < -0.3 is 0 Å². The van der Waals surface area contributed by atoms with Crippen molar-refractivity contribution in [2.24, 2.45) is 0 Å². The van der Waals surface area contributed by atoms with Crippen molar-refractivity contribution in [3.63, 3.8) is 0 Å². The van der Waals surface area contributed by atoms with Gasteiger partial charge in [-0.3, -0.25) is 5.10 Å². The van der Waals surface area contributed by atoms with Gasteiger partial charge in [0.05, 0.1) is 0 Å². The molecule has 0 bridgehead atoms. The number of aromatic nitrogens is 2. The monoisotopic (exact) mass is 230 g/mol. The molecule has 1 aromatic rings. The van der Waals surface area contributed by atoms with Crippen LogP contribution in [-0.4, -0.2) is 21.3 Å². The summed E-state index contributed by atoms with van der Waals surface area (Å²) in [6, 6.07) is 1.83. The molecule has 0 aliphatic rings. The fourth-order valence-corrected chi connectivity index (χ4v) is 0.215. The van der Waals surface area contributed by atoms with Crippen molar-refractivity contribution in [2.75, 3.05) is 0 Å². The molecule has 1 heterocycles. The Bertz CT molecular complexity index is 147. The summed E-state index contributed by atoms with van der Waals surface area (Å²) in [5.74, 6) is -0.794. The second-order valence-electron chi connectivity index (χ2n) is 1.28. The third-order valence-electron chi connectivity index (χ3n) is 0.507. The first-order valence-corrected chi connectivity index (χ1v) is 3.61. The summed E-state index contributed by atoms with van der Waals surface area (Å²) in [4.78, 5) is 9.34. The maximum absolute atomic E-state index is 9.34. The summed E-state index contributed by atoms with van der Waals surface area (Å²) < 4.78 is 0. The zero-order valence-electron chi connectivity index (χ0n) is 5.08. The fourth-order valence-electron chi connectivity index (χ4n) is 0.215.